The van der Waals surface area contributed by atoms with Gasteiger partial charge in [-0.3, -0.25) is 4.90 Å². The molecule has 0 radical (unpaired) electrons. The maximum absolute atomic E-state index is 12.0. The summed E-state index contributed by atoms with van der Waals surface area (Å²) in [6.07, 6.45) is 3.73. The van der Waals surface area contributed by atoms with Gasteiger partial charge in [0, 0.05) is 24.0 Å². The average Bonchev–Trinajstić information content (AvgIpc) is 2.72. The monoisotopic (exact) mass is 399 g/mol. The highest BCUT2D eigenvalue weighted by Gasteiger charge is 2.21. The van der Waals surface area contributed by atoms with Crippen LogP contribution >= 0.6 is 11.6 Å². The molecule has 1 aromatic heterocycles. The molecule has 7 nitrogen and oxygen atoms in total. The molecule has 0 fully saturated rings. The summed E-state index contributed by atoms with van der Waals surface area (Å²) < 4.78 is 10.5. The van der Waals surface area contributed by atoms with Crippen LogP contribution in [-0.4, -0.2) is 35.4 Å². The van der Waals surface area contributed by atoms with Crippen LogP contribution in [0, 0.1) is 0 Å². The van der Waals surface area contributed by atoms with Gasteiger partial charge in [0.2, 0.25) is 0 Å². The number of benzene rings is 2. The van der Waals surface area contributed by atoms with E-state index in [1.165, 1.54) is 31.5 Å². The number of rotatable bonds is 6. The summed E-state index contributed by atoms with van der Waals surface area (Å²) >= 11 is 6.20. The van der Waals surface area contributed by atoms with Crippen molar-refractivity contribution in [3.63, 3.8) is 0 Å². The second-order valence-electron chi connectivity index (χ2n) is 5.85. The normalized spacial score (nSPS) is 10.4. The molecule has 8 heteroatoms. The molecule has 2 aromatic carbocycles. The molecule has 0 saturated heterocycles. The van der Waals surface area contributed by atoms with Gasteiger partial charge in [-0.05, 0) is 23.3 Å². The second-order valence-corrected chi connectivity index (χ2v) is 6.26. The van der Waals surface area contributed by atoms with Crippen LogP contribution < -0.4 is 14.4 Å². The maximum atomic E-state index is 12.0. The number of hydrogen-bond donors (Lipinski definition) is 1. The lowest BCUT2D eigenvalue weighted by Crippen LogP contribution is -2.29. The van der Waals surface area contributed by atoms with Crippen LogP contribution in [0.4, 0.5) is 10.5 Å². The van der Waals surface area contributed by atoms with Crippen LogP contribution in [0.1, 0.15) is 5.56 Å². The number of aromatic nitrogens is 2. The number of amides is 1. The van der Waals surface area contributed by atoms with E-state index in [0.29, 0.717) is 22.2 Å². The zero-order valence-corrected chi connectivity index (χ0v) is 16.1. The molecule has 1 N–H and O–H groups in total. The van der Waals surface area contributed by atoms with E-state index < -0.39 is 6.09 Å². The second kappa shape index (κ2) is 8.58. The van der Waals surface area contributed by atoms with Crippen LogP contribution in [-0.2, 0) is 6.54 Å². The van der Waals surface area contributed by atoms with Crippen LogP contribution in [0.5, 0.6) is 11.5 Å². The minimum Gasteiger partial charge on any atom is -0.495 e. The lowest BCUT2D eigenvalue weighted by molar-refractivity contribution is 0.201. The summed E-state index contributed by atoms with van der Waals surface area (Å²) in [6, 6.07) is 10.6. The predicted octanol–water partition coefficient (Wildman–Crippen LogP) is 4.50. The van der Waals surface area contributed by atoms with Gasteiger partial charge >= 0.3 is 6.09 Å². The first-order valence-corrected chi connectivity index (χ1v) is 8.67. The zero-order chi connectivity index (χ0) is 20.1. The number of anilines is 1. The number of carboxylic acid groups (broad SMARTS) is 1. The van der Waals surface area contributed by atoms with Crippen molar-refractivity contribution in [1.82, 2.24) is 9.97 Å². The summed E-state index contributed by atoms with van der Waals surface area (Å²) in [4.78, 5) is 21.2. The van der Waals surface area contributed by atoms with E-state index in [0.717, 1.165) is 16.7 Å². The van der Waals surface area contributed by atoms with Gasteiger partial charge in [0.05, 0.1) is 31.5 Å². The number of halogens is 1. The van der Waals surface area contributed by atoms with Gasteiger partial charge in [0.25, 0.3) is 0 Å². The molecule has 0 spiro atoms. The van der Waals surface area contributed by atoms with Gasteiger partial charge in [-0.1, -0.05) is 29.8 Å². The lowest BCUT2D eigenvalue weighted by Gasteiger charge is -2.23. The quantitative estimate of drug-likeness (QED) is 0.657. The third-order valence-corrected chi connectivity index (χ3v) is 4.43. The van der Waals surface area contributed by atoms with Gasteiger partial charge in [-0.25, -0.2) is 14.8 Å². The Labute approximate surface area is 167 Å². The molecule has 0 aliphatic rings. The molecule has 28 heavy (non-hydrogen) atoms. The Morgan fingerprint density at radius 3 is 2.43 bits per heavy atom. The Balaban J connectivity index is 1.97. The van der Waals surface area contributed by atoms with Gasteiger partial charge in [0.15, 0.2) is 0 Å². The molecule has 3 rings (SSSR count). The first kappa shape index (κ1) is 19.4. The van der Waals surface area contributed by atoms with Gasteiger partial charge < -0.3 is 14.6 Å². The van der Waals surface area contributed by atoms with Crippen LogP contribution in [0.15, 0.2) is 55.1 Å². The van der Waals surface area contributed by atoms with E-state index in [9.17, 15) is 9.90 Å². The Bertz CT molecular complexity index is 982. The minimum absolute atomic E-state index is 0.107. The van der Waals surface area contributed by atoms with Crippen LogP contribution in [0.3, 0.4) is 0 Å². The molecule has 0 unspecified atom stereocenters. The molecular formula is C20H18ClN3O4. The standard InChI is InChI=1S/C20H18ClN3O4/c1-27-18-8-19(28-2)17(7-16(18)21)24(20(25)26)11-13-4-3-5-14(6-13)15-9-22-12-23-10-15/h3-10,12H,11H2,1-2H3,(H,25,26). The van der Waals surface area contributed by atoms with Crippen molar-refractivity contribution in [2.75, 3.05) is 19.1 Å². The third-order valence-electron chi connectivity index (χ3n) is 4.14. The van der Waals surface area contributed by atoms with Crippen molar-refractivity contribution < 1.29 is 19.4 Å². The van der Waals surface area contributed by atoms with Gasteiger partial charge in [0.1, 0.15) is 17.8 Å². The highest BCUT2D eigenvalue weighted by atomic mass is 35.5. The number of nitrogens with zero attached hydrogens (tertiary/aromatic N) is 3. The van der Waals surface area contributed by atoms with E-state index >= 15 is 0 Å². The fourth-order valence-corrected chi connectivity index (χ4v) is 3.03. The van der Waals surface area contributed by atoms with Gasteiger partial charge in [-0.2, -0.15) is 0 Å². The predicted molar refractivity (Wildman–Crippen MR) is 106 cm³/mol. The summed E-state index contributed by atoms with van der Waals surface area (Å²) in [5, 5.41) is 10.1. The summed E-state index contributed by atoms with van der Waals surface area (Å²) in [6.45, 7) is 0.107. The SMILES string of the molecule is COc1cc(OC)c(N(Cc2cccc(-c3cncnc3)c2)C(=O)O)cc1Cl. The van der Waals surface area contributed by atoms with E-state index in [-0.39, 0.29) is 6.54 Å². The maximum Gasteiger partial charge on any atom is 0.412 e. The highest BCUT2D eigenvalue weighted by Crippen LogP contribution is 2.38. The average molecular weight is 400 g/mol. The number of carbonyl (C=O) groups is 1. The topological polar surface area (TPSA) is 84.8 Å². The van der Waals surface area contributed by atoms with Crippen molar-refractivity contribution in [1.29, 1.82) is 0 Å². The van der Waals surface area contributed by atoms with Crippen LogP contribution in [0.2, 0.25) is 5.02 Å². The summed E-state index contributed by atoms with van der Waals surface area (Å²) in [7, 11) is 2.94. The van der Waals surface area contributed by atoms with E-state index in [4.69, 9.17) is 21.1 Å². The Hall–Kier alpha value is -3.32. The van der Waals surface area contributed by atoms with E-state index in [1.54, 1.807) is 18.5 Å². The largest absolute Gasteiger partial charge is 0.495 e. The van der Waals surface area contributed by atoms with Crippen molar-refractivity contribution in [2.24, 2.45) is 0 Å². The molecule has 0 aliphatic heterocycles. The van der Waals surface area contributed by atoms with Crippen molar-refractivity contribution in [2.45, 2.75) is 6.54 Å². The fourth-order valence-electron chi connectivity index (χ4n) is 2.79. The Kier molecular flexibility index (Phi) is 5.96. The molecule has 1 heterocycles. The van der Waals surface area contributed by atoms with E-state index in [1.807, 2.05) is 24.3 Å². The van der Waals surface area contributed by atoms with Crippen LogP contribution in [0.25, 0.3) is 11.1 Å². The zero-order valence-electron chi connectivity index (χ0n) is 15.3. The summed E-state index contributed by atoms with van der Waals surface area (Å²) in [5.74, 6) is 0.745. The Morgan fingerprint density at radius 2 is 1.79 bits per heavy atom. The molecule has 0 saturated carbocycles. The van der Waals surface area contributed by atoms with Gasteiger partial charge in [-0.15, -0.1) is 0 Å². The number of hydrogen-bond acceptors (Lipinski definition) is 5. The van der Waals surface area contributed by atoms with Crippen molar-refractivity contribution in [3.8, 4) is 22.6 Å². The lowest BCUT2D eigenvalue weighted by atomic mass is 10.1. The van der Waals surface area contributed by atoms with Crippen molar-refractivity contribution >= 4 is 23.4 Å². The molecule has 144 valence electrons. The molecule has 1 amide bonds. The number of methoxy groups -OCH3 is 2. The molecule has 0 aliphatic carbocycles. The first-order chi connectivity index (χ1) is 13.5. The smallest absolute Gasteiger partial charge is 0.412 e. The number of ether oxygens (including phenoxy) is 2. The highest BCUT2D eigenvalue weighted by molar-refractivity contribution is 6.32. The first-order valence-electron chi connectivity index (χ1n) is 8.29. The molecule has 3 aromatic rings. The minimum atomic E-state index is -1.13. The molecule has 0 atom stereocenters. The van der Waals surface area contributed by atoms with Crippen molar-refractivity contribution in [3.05, 3.63) is 65.7 Å². The van der Waals surface area contributed by atoms with E-state index in [2.05, 4.69) is 9.97 Å². The third kappa shape index (κ3) is 4.15. The molecule has 0 bridgehead atoms. The fraction of sp³-hybridized carbons (Fsp3) is 0.150. The summed E-state index contributed by atoms with van der Waals surface area (Å²) in [5.41, 5.74) is 2.85. The molecular weight excluding hydrogens is 382 g/mol. The Morgan fingerprint density at radius 1 is 1.07 bits per heavy atom.